The van der Waals surface area contributed by atoms with Crippen LogP contribution in [0.5, 0.6) is 0 Å². The zero-order chi connectivity index (χ0) is 7.98. The van der Waals surface area contributed by atoms with Crippen LogP contribution in [0.25, 0.3) is 0 Å². The van der Waals surface area contributed by atoms with E-state index in [2.05, 4.69) is 22.6 Å². The molecule has 3 nitrogen and oxygen atoms in total. The highest BCUT2D eigenvalue weighted by atomic mass is 127. The molecule has 0 saturated heterocycles. The largest absolute Gasteiger partial charge is 0.338 e. The Morgan fingerprint density at radius 1 is 1.70 bits per heavy atom. The summed E-state index contributed by atoms with van der Waals surface area (Å²) >= 11 is 2.15. The van der Waals surface area contributed by atoms with Crippen LogP contribution >= 0.6 is 22.6 Å². The Morgan fingerprint density at radius 3 is 2.50 bits per heavy atom. The van der Waals surface area contributed by atoms with Crippen LogP contribution < -0.4 is 5.84 Å². The van der Waals surface area contributed by atoms with E-state index >= 15 is 0 Å². The number of nitriles is 1. The number of hydrogen-bond donors (Lipinski definition) is 1. The first-order valence-corrected chi connectivity index (χ1v) is 4.70. The summed E-state index contributed by atoms with van der Waals surface area (Å²) in [6, 6.07) is 5.29. The average Bonchev–Trinajstić information content (AvgIpc) is 2.39. The molecule has 1 heterocycles. The number of rotatable bonds is 0. The summed E-state index contributed by atoms with van der Waals surface area (Å²) < 4.78 is 1.28. The van der Waals surface area contributed by atoms with E-state index in [4.69, 9.17) is 11.1 Å². The zero-order valence-corrected chi connectivity index (χ0v) is 7.74. The van der Waals surface area contributed by atoms with Gasteiger partial charge in [-0.25, -0.2) is 0 Å². The van der Waals surface area contributed by atoms with Gasteiger partial charge in [-0.2, -0.15) is 5.26 Å². The van der Waals surface area contributed by atoms with Gasteiger partial charge in [-0.15, -0.1) is 0 Å². The lowest BCUT2D eigenvalue weighted by Gasteiger charge is -1.87. The van der Waals surface area contributed by atoms with Crippen molar-refractivity contribution in [2.45, 2.75) is 0 Å². The van der Waals surface area contributed by atoms with Crippen molar-refractivity contribution in [1.29, 1.82) is 5.26 Å². The van der Waals surface area contributed by atoms with Crippen molar-refractivity contribution in [3.8, 4) is 6.07 Å². The first-order chi connectivity index (χ1) is 4.84. The highest BCUT2D eigenvalue weighted by Gasteiger charge is 1.89. The Hall–Kier alpha value is -0.700. The predicted molar refractivity (Wildman–Crippen MR) is 49.2 cm³/mol. The average molecular weight is 249 g/mol. The zero-order valence-electron chi connectivity index (χ0n) is 5.58. The molecule has 0 amide bonds. The van der Waals surface area contributed by atoms with Gasteiger partial charge < -0.3 is 5.84 Å². The Kier molecular flexibility index (Phi) is 4.76. The van der Waals surface area contributed by atoms with Crippen LogP contribution in [0.15, 0.2) is 18.3 Å². The summed E-state index contributed by atoms with van der Waals surface area (Å²) in [5, 5.41) is 8.26. The Bertz CT molecular complexity index is 223. The summed E-state index contributed by atoms with van der Waals surface area (Å²) in [5.74, 6) is 5.25. The molecule has 0 aliphatic rings. The molecule has 4 heteroatoms. The molecule has 10 heavy (non-hydrogen) atoms. The molecule has 1 aromatic rings. The summed E-state index contributed by atoms with van der Waals surface area (Å²) in [6.45, 7) is 0. The fourth-order valence-electron chi connectivity index (χ4n) is 0.488. The third-order valence-corrected chi connectivity index (χ3v) is 0.893. The predicted octanol–water partition coefficient (Wildman–Crippen LogP) is 1.12. The summed E-state index contributed by atoms with van der Waals surface area (Å²) in [6.07, 6.45) is 1.62. The molecule has 0 unspecified atom stereocenters. The molecule has 0 atom stereocenters. The maximum atomic E-state index is 8.26. The van der Waals surface area contributed by atoms with Crippen LogP contribution in [0.2, 0.25) is 0 Å². The van der Waals surface area contributed by atoms with Gasteiger partial charge in [0.25, 0.3) is 0 Å². The molecule has 0 radical (unpaired) electrons. The van der Waals surface area contributed by atoms with Gasteiger partial charge in [0.2, 0.25) is 0 Å². The second-order valence-electron chi connectivity index (χ2n) is 1.41. The molecule has 0 aromatic carbocycles. The molecule has 0 bridgehead atoms. The molecule has 54 valence electrons. The lowest BCUT2D eigenvalue weighted by molar-refractivity contribution is 0.995. The van der Waals surface area contributed by atoms with Crippen molar-refractivity contribution in [3.05, 3.63) is 24.0 Å². The van der Waals surface area contributed by atoms with E-state index in [1.54, 1.807) is 18.3 Å². The molecule has 2 N–H and O–H groups in total. The van der Waals surface area contributed by atoms with E-state index in [1.807, 2.05) is 11.0 Å². The fourth-order valence-corrected chi connectivity index (χ4v) is 0.488. The van der Waals surface area contributed by atoms with Gasteiger partial charge in [-0.05, 0) is 17.1 Å². The number of nitrogens with two attached hydrogens (primary N) is 1. The lowest BCUT2D eigenvalue weighted by atomic mass is 10.5. The number of halogens is 1. The van der Waals surface area contributed by atoms with Gasteiger partial charge in [0, 0.05) is 6.20 Å². The summed E-state index contributed by atoms with van der Waals surface area (Å²) in [7, 11) is 0. The smallest absolute Gasteiger partial charge is 0.139 e. The first-order valence-electron chi connectivity index (χ1n) is 2.55. The maximum absolute atomic E-state index is 8.26. The molecule has 0 spiro atoms. The molecule has 0 saturated carbocycles. The summed E-state index contributed by atoms with van der Waals surface area (Å²) in [5.41, 5.74) is 0.477. The van der Waals surface area contributed by atoms with Crippen molar-refractivity contribution in [3.63, 3.8) is 0 Å². The first kappa shape index (κ1) is 9.30. The van der Waals surface area contributed by atoms with Crippen LogP contribution in [-0.4, -0.2) is 9.61 Å². The summed E-state index contributed by atoms with van der Waals surface area (Å²) in [4.78, 5) is 1.97. The molecule has 0 fully saturated rings. The number of hydrogen-bond acceptors (Lipinski definition) is 2. The monoisotopic (exact) mass is 249 g/mol. The van der Waals surface area contributed by atoms with Crippen molar-refractivity contribution < 1.29 is 0 Å². The van der Waals surface area contributed by atoms with E-state index in [9.17, 15) is 0 Å². The standard InChI is InChI=1S/C5H5N3.CH3I/c6-4-5-2-1-3-8(5)7;1-2/h1-3H,7H2;1H3. The van der Waals surface area contributed by atoms with Crippen molar-refractivity contribution in [1.82, 2.24) is 4.68 Å². The minimum atomic E-state index is 0.477. The second kappa shape index (κ2) is 5.11. The van der Waals surface area contributed by atoms with E-state index in [0.29, 0.717) is 5.69 Å². The van der Waals surface area contributed by atoms with Crippen molar-refractivity contribution in [2.75, 3.05) is 10.8 Å². The molecule has 0 aliphatic carbocycles. The van der Waals surface area contributed by atoms with Gasteiger partial charge in [-0.1, -0.05) is 22.6 Å². The highest BCUT2D eigenvalue weighted by Crippen LogP contribution is 1.92. The van der Waals surface area contributed by atoms with E-state index in [-0.39, 0.29) is 0 Å². The van der Waals surface area contributed by atoms with E-state index < -0.39 is 0 Å². The molecule has 1 aromatic heterocycles. The lowest BCUT2D eigenvalue weighted by Crippen LogP contribution is -2.07. The molecular weight excluding hydrogens is 241 g/mol. The van der Waals surface area contributed by atoms with Gasteiger partial charge in [0.05, 0.1) is 0 Å². The van der Waals surface area contributed by atoms with Crippen LogP contribution in [0.4, 0.5) is 0 Å². The number of aromatic nitrogens is 1. The number of nitrogen functional groups attached to an aromatic ring is 1. The topological polar surface area (TPSA) is 54.7 Å². The molecule has 0 aliphatic heterocycles. The van der Waals surface area contributed by atoms with Crippen LogP contribution in [-0.2, 0) is 0 Å². The Labute approximate surface area is 73.6 Å². The van der Waals surface area contributed by atoms with Crippen molar-refractivity contribution in [2.24, 2.45) is 0 Å². The van der Waals surface area contributed by atoms with E-state index in [0.717, 1.165) is 0 Å². The third-order valence-electron chi connectivity index (χ3n) is 0.893. The van der Waals surface area contributed by atoms with Crippen LogP contribution in [0, 0.1) is 11.3 Å². The Morgan fingerprint density at radius 2 is 2.30 bits per heavy atom. The van der Waals surface area contributed by atoms with Gasteiger partial charge in [0.1, 0.15) is 11.8 Å². The quantitative estimate of drug-likeness (QED) is 0.425. The number of alkyl halides is 1. The molecule has 1 rings (SSSR count). The third kappa shape index (κ3) is 2.27. The Balaban J connectivity index is 0.000000371. The fraction of sp³-hybridized carbons (Fsp3) is 0.167. The normalized spacial score (nSPS) is 7.30. The van der Waals surface area contributed by atoms with Crippen LogP contribution in [0.3, 0.4) is 0 Å². The van der Waals surface area contributed by atoms with Gasteiger partial charge >= 0.3 is 0 Å². The number of nitrogens with zero attached hydrogens (tertiary/aromatic N) is 2. The maximum Gasteiger partial charge on any atom is 0.139 e. The van der Waals surface area contributed by atoms with Crippen LogP contribution in [0.1, 0.15) is 5.69 Å². The second-order valence-corrected chi connectivity index (χ2v) is 1.41. The molecular formula is C6H8IN3. The van der Waals surface area contributed by atoms with Crippen molar-refractivity contribution >= 4 is 22.6 Å². The van der Waals surface area contributed by atoms with E-state index in [1.165, 1.54) is 4.68 Å². The highest BCUT2D eigenvalue weighted by molar-refractivity contribution is 14.1. The van der Waals surface area contributed by atoms with Gasteiger partial charge in [-0.3, -0.25) is 4.68 Å². The van der Waals surface area contributed by atoms with Gasteiger partial charge in [0.15, 0.2) is 0 Å². The SMILES string of the molecule is CI.N#Cc1cccn1N. The minimum Gasteiger partial charge on any atom is -0.338 e. The minimum absolute atomic E-state index is 0.477.